The van der Waals surface area contributed by atoms with Gasteiger partial charge in [0.2, 0.25) is 0 Å². The molecule has 0 bridgehead atoms. The van der Waals surface area contributed by atoms with Crippen LogP contribution in [-0.4, -0.2) is 22.6 Å². The Hall–Kier alpha value is -3.08. The molecule has 1 N–H and O–H groups in total. The number of methoxy groups -OCH3 is 1. The molecule has 5 heteroatoms. The molecule has 0 aliphatic heterocycles. The topological polar surface area (TPSA) is 56.2 Å². The van der Waals surface area contributed by atoms with E-state index in [4.69, 9.17) is 4.74 Å². The molecule has 0 aliphatic rings. The molecule has 0 atom stereocenters. The Labute approximate surface area is 153 Å². The van der Waals surface area contributed by atoms with E-state index >= 15 is 0 Å². The first kappa shape index (κ1) is 17.7. The minimum absolute atomic E-state index is 0.0745. The van der Waals surface area contributed by atoms with Crippen molar-refractivity contribution in [3.05, 3.63) is 72.3 Å². The maximum absolute atomic E-state index is 12.7. The van der Waals surface area contributed by atoms with E-state index in [0.717, 1.165) is 35.4 Å². The Morgan fingerprint density at radius 2 is 1.85 bits per heavy atom. The molecule has 0 saturated heterocycles. The number of aromatic nitrogens is 2. The minimum atomic E-state index is -0.0745. The van der Waals surface area contributed by atoms with E-state index < -0.39 is 0 Å². The number of carbonyl (C=O) groups is 1. The monoisotopic (exact) mass is 349 g/mol. The number of hydrogen-bond acceptors (Lipinski definition) is 3. The first-order valence-corrected chi connectivity index (χ1v) is 8.73. The molecule has 3 rings (SSSR count). The Kier molecular flexibility index (Phi) is 5.69. The van der Waals surface area contributed by atoms with Gasteiger partial charge in [-0.15, -0.1) is 0 Å². The van der Waals surface area contributed by atoms with Crippen molar-refractivity contribution in [2.24, 2.45) is 0 Å². The molecule has 134 valence electrons. The zero-order chi connectivity index (χ0) is 18.4. The van der Waals surface area contributed by atoms with Crippen molar-refractivity contribution in [2.75, 3.05) is 7.11 Å². The summed E-state index contributed by atoms with van der Waals surface area (Å²) in [5, 5.41) is 3.00. The number of benzene rings is 1. The van der Waals surface area contributed by atoms with Gasteiger partial charge in [0.15, 0.2) is 0 Å². The summed E-state index contributed by atoms with van der Waals surface area (Å²) in [5.41, 5.74) is 3.78. The van der Waals surface area contributed by atoms with Crippen LogP contribution in [0.2, 0.25) is 0 Å². The fourth-order valence-corrected chi connectivity index (χ4v) is 2.85. The smallest absolute Gasteiger partial charge is 0.268 e. The fourth-order valence-electron chi connectivity index (χ4n) is 2.85. The normalized spacial score (nSPS) is 10.5. The maximum Gasteiger partial charge on any atom is 0.268 e. The summed E-state index contributed by atoms with van der Waals surface area (Å²) in [7, 11) is 1.64. The van der Waals surface area contributed by atoms with E-state index in [1.165, 1.54) is 0 Å². The molecule has 1 aromatic carbocycles. The molecular formula is C21H23N3O2. The Balaban J connectivity index is 1.75. The summed E-state index contributed by atoms with van der Waals surface area (Å²) in [6, 6.07) is 13.5. The van der Waals surface area contributed by atoms with Crippen LogP contribution in [0.4, 0.5) is 0 Å². The van der Waals surface area contributed by atoms with E-state index in [-0.39, 0.29) is 5.91 Å². The second-order valence-electron chi connectivity index (χ2n) is 6.07. The average Bonchev–Trinajstić information content (AvgIpc) is 3.11. The van der Waals surface area contributed by atoms with Crippen LogP contribution >= 0.6 is 0 Å². The second kappa shape index (κ2) is 8.34. The highest BCUT2D eigenvalue weighted by molar-refractivity contribution is 5.94. The van der Waals surface area contributed by atoms with Crippen molar-refractivity contribution in [3.8, 4) is 16.9 Å². The predicted molar refractivity (Wildman–Crippen MR) is 102 cm³/mol. The number of aryl methyl sites for hydroxylation is 1. The first-order chi connectivity index (χ1) is 12.7. The van der Waals surface area contributed by atoms with Crippen LogP contribution in [0.1, 0.15) is 29.4 Å². The average molecular weight is 349 g/mol. The molecule has 0 radical (unpaired) electrons. The van der Waals surface area contributed by atoms with Gasteiger partial charge in [0, 0.05) is 37.2 Å². The van der Waals surface area contributed by atoms with Crippen LogP contribution in [0.15, 0.2) is 61.1 Å². The number of hydrogen-bond donors (Lipinski definition) is 1. The Bertz CT molecular complexity index is 855. The largest absolute Gasteiger partial charge is 0.497 e. The van der Waals surface area contributed by atoms with E-state index in [0.29, 0.717) is 12.2 Å². The lowest BCUT2D eigenvalue weighted by molar-refractivity contribution is 0.0941. The highest BCUT2D eigenvalue weighted by Gasteiger charge is 2.14. The summed E-state index contributed by atoms with van der Waals surface area (Å²) < 4.78 is 7.17. The third kappa shape index (κ3) is 4.11. The van der Waals surface area contributed by atoms with Gasteiger partial charge in [-0.25, -0.2) is 0 Å². The zero-order valence-corrected chi connectivity index (χ0v) is 15.1. The number of amides is 1. The van der Waals surface area contributed by atoms with Crippen molar-refractivity contribution >= 4 is 5.91 Å². The van der Waals surface area contributed by atoms with E-state index in [2.05, 4.69) is 17.2 Å². The summed E-state index contributed by atoms with van der Waals surface area (Å²) in [5.74, 6) is 0.730. The molecular weight excluding hydrogens is 326 g/mol. The van der Waals surface area contributed by atoms with E-state index in [9.17, 15) is 4.79 Å². The summed E-state index contributed by atoms with van der Waals surface area (Å²) in [4.78, 5) is 16.8. The molecule has 26 heavy (non-hydrogen) atoms. The highest BCUT2D eigenvalue weighted by Crippen LogP contribution is 2.22. The molecule has 1 amide bonds. The number of pyridine rings is 1. The van der Waals surface area contributed by atoms with E-state index in [1.54, 1.807) is 19.5 Å². The molecule has 0 fully saturated rings. The third-order valence-corrected chi connectivity index (χ3v) is 4.22. The lowest BCUT2D eigenvalue weighted by Crippen LogP contribution is -2.25. The highest BCUT2D eigenvalue weighted by atomic mass is 16.5. The Morgan fingerprint density at radius 3 is 2.50 bits per heavy atom. The number of ether oxygens (including phenoxy) is 1. The Morgan fingerprint density at radius 1 is 1.12 bits per heavy atom. The molecule has 2 heterocycles. The molecule has 0 saturated carbocycles. The number of carbonyl (C=O) groups excluding carboxylic acids is 1. The predicted octanol–water partition coefficient (Wildman–Crippen LogP) is 3.90. The number of nitrogens with one attached hydrogen (secondary N) is 1. The van der Waals surface area contributed by atoms with Gasteiger partial charge in [0.1, 0.15) is 11.4 Å². The second-order valence-corrected chi connectivity index (χ2v) is 6.07. The number of nitrogens with zero attached hydrogens (tertiary/aromatic N) is 2. The van der Waals surface area contributed by atoms with Crippen LogP contribution < -0.4 is 10.1 Å². The van der Waals surface area contributed by atoms with Crippen LogP contribution in [0.5, 0.6) is 5.75 Å². The van der Waals surface area contributed by atoms with Crippen molar-refractivity contribution in [1.29, 1.82) is 0 Å². The molecule has 2 aromatic heterocycles. The van der Waals surface area contributed by atoms with Gasteiger partial charge in [-0.1, -0.05) is 19.1 Å². The molecule has 0 aliphatic carbocycles. The van der Waals surface area contributed by atoms with Crippen molar-refractivity contribution in [1.82, 2.24) is 14.9 Å². The SMILES string of the molecule is CCCn1cc(-c2ccncc2)cc1C(=O)NCc1ccc(OC)cc1. The van der Waals surface area contributed by atoms with Crippen LogP contribution in [0, 0.1) is 0 Å². The fraction of sp³-hybridized carbons (Fsp3) is 0.238. The molecule has 0 unspecified atom stereocenters. The lowest BCUT2D eigenvalue weighted by Gasteiger charge is -2.09. The van der Waals surface area contributed by atoms with Crippen LogP contribution in [-0.2, 0) is 13.1 Å². The van der Waals surface area contributed by atoms with E-state index in [1.807, 2.05) is 53.2 Å². The van der Waals surface area contributed by atoms with Crippen molar-refractivity contribution in [3.63, 3.8) is 0 Å². The third-order valence-electron chi connectivity index (χ3n) is 4.22. The lowest BCUT2D eigenvalue weighted by atomic mass is 10.1. The van der Waals surface area contributed by atoms with Crippen molar-refractivity contribution < 1.29 is 9.53 Å². The van der Waals surface area contributed by atoms with Gasteiger partial charge in [-0.3, -0.25) is 9.78 Å². The minimum Gasteiger partial charge on any atom is -0.497 e. The number of rotatable bonds is 7. The van der Waals surface area contributed by atoms with Gasteiger partial charge in [0.05, 0.1) is 7.11 Å². The van der Waals surface area contributed by atoms with Gasteiger partial charge in [-0.2, -0.15) is 0 Å². The summed E-state index contributed by atoms with van der Waals surface area (Å²) in [6.45, 7) is 3.38. The standard InChI is InChI=1S/C21H23N3O2/c1-3-12-24-15-18(17-8-10-22-11-9-17)13-20(24)21(25)23-14-16-4-6-19(26-2)7-5-16/h4-11,13,15H,3,12,14H2,1-2H3,(H,23,25). The molecule has 3 aromatic rings. The maximum atomic E-state index is 12.7. The van der Waals surface area contributed by atoms with Gasteiger partial charge >= 0.3 is 0 Å². The quantitative estimate of drug-likeness (QED) is 0.704. The van der Waals surface area contributed by atoms with Gasteiger partial charge < -0.3 is 14.6 Å². The molecule has 0 spiro atoms. The van der Waals surface area contributed by atoms with Crippen molar-refractivity contribution in [2.45, 2.75) is 26.4 Å². The summed E-state index contributed by atoms with van der Waals surface area (Å²) in [6.07, 6.45) is 6.51. The van der Waals surface area contributed by atoms with Gasteiger partial charge in [-0.05, 0) is 47.9 Å². The van der Waals surface area contributed by atoms with Crippen LogP contribution in [0.3, 0.4) is 0 Å². The van der Waals surface area contributed by atoms with Crippen LogP contribution in [0.25, 0.3) is 11.1 Å². The van der Waals surface area contributed by atoms with Gasteiger partial charge in [0.25, 0.3) is 5.91 Å². The zero-order valence-electron chi connectivity index (χ0n) is 15.1. The first-order valence-electron chi connectivity index (χ1n) is 8.73. The molecule has 5 nitrogen and oxygen atoms in total. The summed E-state index contributed by atoms with van der Waals surface area (Å²) >= 11 is 0.